The first-order chi connectivity index (χ1) is 8.06. The van der Waals surface area contributed by atoms with Crippen molar-refractivity contribution in [1.82, 2.24) is 9.97 Å². The summed E-state index contributed by atoms with van der Waals surface area (Å²) in [4.78, 5) is 39.3. The molecule has 0 spiro atoms. The number of H-pyrrole nitrogens is 1. The van der Waals surface area contributed by atoms with Gasteiger partial charge in [0.1, 0.15) is 5.69 Å². The van der Waals surface area contributed by atoms with Gasteiger partial charge in [0, 0.05) is 13.1 Å². The fourth-order valence-corrected chi connectivity index (χ4v) is 1.59. The number of hydrogen-bond acceptors (Lipinski definition) is 4. The molecule has 0 unspecified atom stereocenters. The number of fused-ring (bicyclic) bond motifs is 1. The number of nitrogens with one attached hydrogen (secondary N) is 1. The summed E-state index contributed by atoms with van der Waals surface area (Å²) in [6.07, 6.45) is 2.49. The van der Waals surface area contributed by atoms with Crippen molar-refractivity contribution in [2.24, 2.45) is 0 Å². The van der Waals surface area contributed by atoms with E-state index in [1.165, 1.54) is 6.20 Å². The second-order valence-corrected chi connectivity index (χ2v) is 3.45. The molecule has 0 aliphatic heterocycles. The maximum atomic E-state index is 13.6. The highest BCUT2D eigenvalue weighted by atomic mass is 19.1. The van der Waals surface area contributed by atoms with Gasteiger partial charge in [0.15, 0.2) is 17.9 Å². The Labute approximate surface area is 94.7 Å². The lowest BCUT2D eigenvalue weighted by molar-refractivity contribution is -0.113. The fraction of sp³-hybridized carbons (Fsp3) is 0.0909. The molecule has 2 aromatic heterocycles. The second-order valence-electron chi connectivity index (χ2n) is 3.45. The highest BCUT2D eigenvalue weighted by Gasteiger charge is 2.20. The van der Waals surface area contributed by atoms with Crippen molar-refractivity contribution in [2.45, 2.75) is 6.92 Å². The SMILES string of the molecule is CC(=O)C(=O)c1c[nH]c2c(C=O)ncc(F)c12. The summed E-state index contributed by atoms with van der Waals surface area (Å²) in [5.74, 6) is -2.26. The zero-order chi connectivity index (χ0) is 12.6. The number of aromatic amines is 1. The summed E-state index contributed by atoms with van der Waals surface area (Å²) in [7, 11) is 0. The van der Waals surface area contributed by atoms with Gasteiger partial charge in [-0.25, -0.2) is 9.37 Å². The molecule has 2 heterocycles. The first-order valence-electron chi connectivity index (χ1n) is 4.72. The Bertz CT molecular complexity index is 645. The van der Waals surface area contributed by atoms with E-state index in [1.807, 2.05) is 0 Å². The monoisotopic (exact) mass is 234 g/mol. The van der Waals surface area contributed by atoms with E-state index in [0.29, 0.717) is 6.29 Å². The minimum Gasteiger partial charge on any atom is -0.358 e. The van der Waals surface area contributed by atoms with Crippen molar-refractivity contribution in [3.05, 3.63) is 29.5 Å². The summed E-state index contributed by atoms with van der Waals surface area (Å²) >= 11 is 0. The predicted octanol–water partition coefficient (Wildman–Crippen LogP) is 1.29. The quantitative estimate of drug-likeness (QED) is 0.493. The number of rotatable bonds is 3. The van der Waals surface area contributed by atoms with E-state index >= 15 is 0 Å². The third kappa shape index (κ3) is 1.63. The number of carbonyl (C=O) groups is 3. The molecule has 1 N–H and O–H groups in total. The molecule has 0 amide bonds. The minimum absolute atomic E-state index is 0.0102. The molecule has 0 aliphatic carbocycles. The Morgan fingerprint density at radius 3 is 2.76 bits per heavy atom. The van der Waals surface area contributed by atoms with Crippen LogP contribution in [-0.4, -0.2) is 27.8 Å². The Kier molecular flexibility index (Phi) is 2.55. The standard InChI is InChI=1S/C11H7FN2O3/c1-5(16)11(17)6-2-14-10-8(4-15)13-3-7(12)9(6)10/h2-4,14H,1H3. The molecular weight excluding hydrogens is 227 g/mol. The van der Waals surface area contributed by atoms with Crippen molar-refractivity contribution in [2.75, 3.05) is 0 Å². The maximum absolute atomic E-state index is 13.6. The third-order valence-electron chi connectivity index (χ3n) is 2.37. The van der Waals surface area contributed by atoms with Crippen molar-refractivity contribution in [3.63, 3.8) is 0 Å². The summed E-state index contributed by atoms with van der Waals surface area (Å²) in [5, 5.41) is -0.0812. The van der Waals surface area contributed by atoms with Crippen molar-refractivity contribution in [1.29, 1.82) is 0 Å². The summed E-state index contributed by atoms with van der Waals surface area (Å²) in [5.41, 5.74) is 0.0177. The van der Waals surface area contributed by atoms with E-state index in [-0.39, 0.29) is 22.2 Å². The van der Waals surface area contributed by atoms with Gasteiger partial charge in [0.2, 0.25) is 5.78 Å². The van der Waals surface area contributed by atoms with Crippen LogP contribution in [0.2, 0.25) is 0 Å². The smallest absolute Gasteiger partial charge is 0.230 e. The van der Waals surface area contributed by atoms with Crippen LogP contribution in [0.1, 0.15) is 27.8 Å². The third-order valence-corrected chi connectivity index (χ3v) is 2.37. The largest absolute Gasteiger partial charge is 0.358 e. The van der Waals surface area contributed by atoms with Gasteiger partial charge in [-0.1, -0.05) is 0 Å². The van der Waals surface area contributed by atoms with Crippen LogP contribution in [0.5, 0.6) is 0 Å². The van der Waals surface area contributed by atoms with Crippen LogP contribution in [-0.2, 0) is 4.79 Å². The van der Waals surface area contributed by atoms with E-state index in [9.17, 15) is 18.8 Å². The van der Waals surface area contributed by atoms with Gasteiger partial charge in [-0.05, 0) is 0 Å². The van der Waals surface area contributed by atoms with E-state index < -0.39 is 17.4 Å². The lowest BCUT2D eigenvalue weighted by atomic mass is 10.1. The molecule has 0 atom stereocenters. The zero-order valence-electron chi connectivity index (χ0n) is 8.78. The van der Waals surface area contributed by atoms with Crippen molar-refractivity contribution < 1.29 is 18.8 Å². The molecule has 0 saturated carbocycles. The Balaban J connectivity index is 2.80. The maximum Gasteiger partial charge on any atom is 0.230 e. The fourth-order valence-electron chi connectivity index (χ4n) is 1.59. The Morgan fingerprint density at radius 1 is 1.47 bits per heavy atom. The van der Waals surface area contributed by atoms with Crippen molar-refractivity contribution in [3.8, 4) is 0 Å². The lowest BCUT2D eigenvalue weighted by Gasteiger charge is -1.98. The van der Waals surface area contributed by atoms with Crippen LogP contribution >= 0.6 is 0 Å². The number of pyridine rings is 1. The minimum atomic E-state index is -0.807. The molecule has 2 aromatic rings. The molecule has 17 heavy (non-hydrogen) atoms. The van der Waals surface area contributed by atoms with Gasteiger partial charge in [-0.3, -0.25) is 14.4 Å². The van der Waals surface area contributed by atoms with E-state index in [0.717, 1.165) is 13.1 Å². The van der Waals surface area contributed by atoms with E-state index in [4.69, 9.17) is 0 Å². The first-order valence-corrected chi connectivity index (χ1v) is 4.72. The van der Waals surface area contributed by atoms with Crippen LogP contribution < -0.4 is 0 Å². The number of carbonyl (C=O) groups excluding carboxylic acids is 3. The van der Waals surface area contributed by atoms with Crippen LogP contribution in [0.15, 0.2) is 12.4 Å². The molecule has 86 valence electrons. The lowest BCUT2D eigenvalue weighted by Crippen LogP contribution is -2.09. The highest BCUT2D eigenvalue weighted by molar-refractivity contribution is 6.45. The van der Waals surface area contributed by atoms with E-state index in [1.54, 1.807) is 0 Å². The van der Waals surface area contributed by atoms with Crippen LogP contribution in [0, 0.1) is 5.82 Å². The molecule has 6 heteroatoms. The molecule has 2 rings (SSSR count). The summed E-state index contributed by atoms with van der Waals surface area (Å²) < 4.78 is 13.6. The van der Waals surface area contributed by atoms with Gasteiger partial charge >= 0.3 is 0 Å². The number of aromatic nitrogens is 2. The second kappa shape index (κ2) is 3.89. The predicted molar refractivity (Wildman–Crippen MR) is 56.5 cm³/mol. The molecule has 0 aromatic carbocycles. The Morgan fingerprint density at radius 2 is 2.18 bits per heavy atom. The van der Waals surface area contributed by atoms with Crippen LogP contribution in [0.4, 0.5) is 4.39 Å². The van der Waals surface area contributed by atoms with Gasteiger partial charge in [0.05, 0.1) is 22.7 Å². The normalized spacial score (nSPS) is 10.5. The molecule has 5 nitrogen and oxygen atoms in total. The molecular formula is C11H7FN2O3. The highest BCUT2D eigenvalue weighted by Crippen LogP contribution is 2.23. The first kappa shape index (κ1) is 11.1. The van der Waals surface area contributed by atoms with E-state index in [2.05, 4.69) is 9.97 Å². The molecule has 0 bridgehead atoms. The van der Waals surface area contributed by atoms with Gasteiger partial charge in [-0.15, -0.1) is 0 Å². The molecule has 0 fully saturated rings. The topological polar surface area (TPSA) is 79.9 Å². The molecule has 0 saturated heterocycles. The average molecular weight is 234 g/mol. The van der Waals surface area contributed by atoms with Crippen molar-refractivity contribution >= 4 is 28.8 Å². The number of Topliss-reactive ketones (excluding diaryl/α,β-unsaturated/α-hetero) is 2. The Hall–Kier alpha value is -2.37. The van der Waals surface area contributed by atoms with Crippen LogP contribution in [0.3, 0.4) is 0 Å². The van der Waals surface area contributed by atoms with Gasteiger partial charge < -0.3 is 4.98 Å². The molecule has 0 aliphatic rings. The molecule has 0 radical (unpaired) electrons. The van der Waals surface area contributed by atoms with Crippen LogP contribution in [0.25, 0.3) is 10.9 Å². The summed E-state index contributed by atoms with van der Waals surface area (Å²) in [6, 6.07) is 0. The number of ketones is 2. The number of nitrogens with zero attached hydrogens (tertiary/aromatic N) is 1. The van der Waals surface area contributed by atoms with Gasteiger partial charge in [0.25, 0.3) is 0 Å². The zero-order valence-corrected chi connectivity index (χ0v) is 8.78. The summed E-state index contributed by atoms with van der Waals surface area (Å²) in [6.45, 7) is 1.10. The number of hydrogen-bond donors (Lipinski definition) is 1. The van der Waals surface area contributed by atoms with Gasteiger partial charge in [-0.2, -0.15) is 0 Å². The number of halogens is 1. The number of aldehydes is 1. The average Bonchev–Trinajstić information content (AvgIpc) is 2.74.